The number of methoxy groups -OCH3 is 1. The lowest BCUT2D eigenvalue weighted by molar-refractivity contribution is -0.0546. The second kappa shape index (κ2) is 12.5. The fourth-order valence-electron chi connectivity index (χ4n) is 3.62. The molecule has 8 heteroatoms. The summed E-state index contributed by atoms with van der Waals surface area (Å²) in [4.78, 5) is 16.8. The maximum Gasteiger partial charge on any atom is 0.254 e. The number of nitrogens with zero attached hydrogens (tertiary/aromatic N) is 2. The standard InChI is InChI=1S/C24H31FN2O5/c1-30-13-12-27(24(29)19-5-3-2-4-6-19)17-23-16-26(11-14-31-23)15-21(28)18-32-22-9-7-20(25)8-10-22/h2-10,21,23,28H,11-18H2,1H3/t21-,23-/m0/s1. The van der Waals surface area contributed by atoms with E-state index in [0.717, 1.165) is 0 Å². The number of carbonyl (C=O) groups is 1. The molecule has 3 rings (SSSR count). The first-order chi connectivity index (χ1) is 15.5. The molecular weight excluding hydrogens is 415 g/mol. The predicted molar refractivity (Wildman–Crippen MR) is 118 cm³/mol. The molecule has 2 atom stereocenters. The van der Waals surface area contributed by atoms with E-state index in [4.69, 9.17) is 14.2 Å². The molecule has 1 aliphatic rings. The minimum absolute atomic E-state index is 0.0592. The Morgan fingerprint density at radius 2 is 2.00 bits per heavy atom. The highest BCUT2D eigenvalue weighted by molar-refractivity contribution is 5.94. The highest BCUT2D eigenvalue weighted by Gasteiger charge is 2.26. The van der Waals surface area contributed by atoms with E-state index in [1.165, 1.54) is 24.3 Å². The number of ether oxygens (including phenoxy) is 3. The summed E-state index contributed by atoms with van der Waals surface area (Å²) in [5, 5.41) is 10.4. The van der Waals surface area contributed by atoms with Gasteiger partial charge in [0, 0.05) is 45.4 Å². The van der Waals surface area contributed by atoms with Crippen LogP contribution in [0, 0.1) is 5.82 Å². The van der Waals surface area contributed by atoms with Crippen molar-refractivity contribution >= 4 is 5.91 Å². The Morgan fingerprint density at radius 1 is 1.25 bits per heavy atom. The normalized spacial score (nSPS) is 17.7. The van der Waals surface area contributed by atoms with Crippen LogP contribution in [0.1, 0.15) is 10.4 Å². The summed E-state index contributed by atoms with van der Waals surface area (Å²) in [5.74, 6) is 0.122. The van der Waals surface area contributed by atoms with Crippen molar-refractivity contribution in [2.45, 2.75) is 12.2 Å². The molecule has 0 radical (unpaired) electrons. The average Bonchev–Trinajstić information content (AvgIpc) is 2.82. The van der Waals surface area contributed by atoms with Crippen molar-refractivity contribution in [3.8, 4) is 5.75 Å². The average molecular weight is 447 g/mol. The molecule has 174 valence electrons. The zero-order chi connectivity index (χ0) is 22.8. The van der Waals surface area contributed by atoms with E-state index in [-0.39, 0.29) is 24.4 Å². The number of hydrogen-bond donors (Lipinski definition) is 1. The van der Waals surface area contributed by atoms with Gasteiger partial charge in [-0.1, -0.05) is 18.2 Å². The summed E-state index contributed by atoms with van der Waals surface area (Å²) in [6.07, 6.45) is -0.868. The van der Waals surface area contributed by atoms with E-state index in [0.29, 0.717) is 57.3 Å². The summed E-state index contributed by atoms with van der Waals surface area (Å²) in [6.45, 7) is 3.69. The van der Waals surface area contributed by atoms with Gasteiger partial charge in [-0.05, 0) is 36.4 Å². The molecule has 2 aromatic rings. The van der Waals surface area contributed by atoms with Crippen molar-refractivity contribution < 1.29 is 28.5 Å². The molecule has 0 aromatic heterocycles. The molecule has 7 nitrogen and oxygen atoms in total. The largest absolute Gasteiger partial charge is 0.491 e. The van der Waals surface area contributed by atoms with Gasteiger partial charge in [0.2, 0.25) is 0 Å². The third kappa shape index (κ3) is 7.56. The molecule has 0 saturated carbocycles. The van der Waals surface area contributed by atoms with Gasteiger partial charge in [0.15, 0.2) is 0 Å². The lowest BCUT2D eigenvalue weighted by Crippen LogP contribution is -2.51. The Hall–Kier alpha value is -2.52. The number of carbonyl (C=O) groups excluding carboxylic acids is 1. The molecule has 0 unspecified atom stereocenters. The van der Waals surface area contributed by atoms with E-state index >= 15 is 0 Å². The first kappa shape index (κ1) is 24.1. The summed E-state index contributed by atoms with van der Waals surface area (Å²) in [7, 11) is 1.61. The summed E-state index contributed by atoms with van der Waals surface area (Å²) in [6, 6.07) is 14.9. The van der Waals surface area contributed by atoms with Crippen LogP contribution in [0.2, 0.25) is 0 Å². The van der Waals surface area contributed by atoms with Crippen LogP contribution < -0.4 is 4.74 Å². The number of aliphatic hydroxyl groups excluding tert-OH is 1. The molecule has 1 amide bonds. The van der Waals surface area contributed by atoms with Crippen molar-refractivity contribution in [2.24, 2.45) is 0 Å². The van der Waals surface area contributed by atoms with Crippen LogP contribution in [0.25, 0.3) is 0 Å². The Balaban J connectivity index is 1.50. The van der Waals surface area contributed by atoms with E-state index in [1.54, 1.807) is 24.1 Å². The highest BCUT2D eigenvalue weighted by atomic mass is 19.1. The third-order valence-corrected chi connectivity index (χ3v) is 5.25. The first-order valence-electron chi connectivity index (χ1n) is 10.8. The van der Waals surface area contributed by atoms with Gasteiger partial charge in [-0.3, -0.25) is 9.69 Å². The molecule has 1 fully saturated rings. The number of aliphatic hydroxyl groups is 1. The second-order valence-electron chi connectivity index (χ2n) is 7.78. The number of halogens is 1. The van der Waals surface area contributed by atoms with Gasteiger partial charge in [0.05, 0.1) is 19.3 Å². The Labute approximate surface area is 188 Å². The minimum Gasteiger partial charge on any atom is -0.491 e. The van der Waals surface area contributed by atoms with E-state index in [2.05, 4.69) is 4.90 Å². The maximum atomic E-state index is 13.0. The Bertz CT molecular complexity index is 821. The molecule has 2 aromatic carbocycles. The van der Waals surface area contributed by atoms with Gasteiger partial charge < -0.3 is 24.2 Å². The van der Waals surface area contributed by atoms with Crippen LogP contribution in [0.15, 0.2) is 54.6 Å². The molecule has 32 heavy (non-hydrogen) atoms. The monoisotopic (exact) mass is 446 g/mol. The first-order valence-corrected chi connectivity index (χ1v) is 10.8. The van der Waals surface area contributed by atoms with Gasteiger partial charge in [-0.2, -0.15) is 0 Å². The molecule has 0 aliphatic carbocycles. The number of benzene rings is 2. The Morgan fingerprint density at radius 3 is 2.72 bits per heavy atom. The van der Waals surface area contributed by atoms with Crippen molar-refractivity contribution in [3.05, 3.63) is 66.0 Å². The van der Waals surface area contributed by atoms with Crippen LogP contribution in [-0.2, 0) is 9.47 Å². The van der Waals surface area contributed by atoms with Crippen molar-refractivity contribution in [2.75, 3.05) is 59.7 Å². The van der Waals surface area contributed by atoms with E-state index in [9.17, 15) is 14.3 Å². The van der Waals surface area contributed by atoms with Gasteiger partial charge in [-0.25, -0.2) is 4.39 Å². The molecule has 1 saturated heterocycles. The molecule has 1 N–H and O–H groups in total. The van der Waals surface area contributed by atoms with Crippen molar-refractivity contribution in [1.29, 1.82) is 0 Å². The molecule has 1 aliphatic heterocycles. The minimum atomic E-state index is -0.700. The third-order valence-electron chi connectivity index (χ3n) is 5.25. The van der Waals surface area contributed by atoms with Crippen LogP contribution in [-0.4, -0.2) is 92.7 Å². The summed E-state index contributed by atoms with van der Waals surface area (Å²) in [5.41, 5.74) is 0.629. The van der Waals surface area contributed by atoms with Crippen LogP contribution in [0.4, 0.5) is 4.39 Å². The zero-order valence-electron chi connectivity index (χ0n) is 18.4. The van der Waals surface area contributed by atoms with Gasteiger partial charge in [-0.15, -0.1) is 0 Å². The SMILES string of the molecule is COCCN(C[C@@H]1CN(C[C@H](O)COc2ccc(F)cc2)CCO1)C(=O)c1ccccc1. The number of hydrogen-bond acceptors (Lipinski definition) is 6. The number of morpholine rings is 1. The van der Waals surface area contributed by atoms with Crippen LogP contribution in [0.3, 0.4) is 0 Å². The van der Waals surface area contributed by atoms with Gasteiger partial charge in [0.1, 0.15) is 24.3 Å². The zero-order valence-corrected chi connectivity index (χ0v) is 18.4. The second-order valence-corrected chi connectivity index (χ2v) is 7.78. The number of amides is 1. The summed E-state index contributed by atoms with van der Waals surface area (Å²) >= 11 is 0. The molecule has 0 bridgehead atoms. The van der Waals surface area contributed by atoms with Gasteiger partial charge in [0.25, 0.3) is 5.91 Å². The van der Waals surface area contributed by atoms with Crippen molar-refractivity contribution in [3.63, 3.8) is 0 Å². The topological polar surface area (TPSA) is 71.5 Å². The lowest BCUT2D eigenvalue weighted by atomic mass is 10.1. The fourth-order valence-corrected chi connectivity index (χ4v) is 3.62. The molecule has 0 spiro atoms. The quantitative estimate of drug-likeness (QED) is 0.570. The van der Waals surface area contributed by atoms with E-state index < -0.39 is 6.10 Å². The fraction of sp³-hybridized carbons (Fsp3) is 0.458. The highest BCUT2D eigenvalue weighted by Crippen LogP contribution is 2.13. The smallest absolute Gasteiger partial charge is 0.254 e. The predicted octanol–water partition coefficient (Wildman–Crippen LogP) is 2.05. The maximum absolute atomic E-state index is 13.0. The number of rotatable bonds is 11. The van der Waals surface area contributed by atoms with Crippen LogP contribution >= 0.6 is 0 Å². The molecule has 1 heterocycles. The molecular formula is C24H31FN2O5. The van der Waals surface area contributed by atoms with Crippen LogP contribution in [0.5, 0.6) is 5.75 Å². The Kier molecular flexibility index (Phi) is 9.43. The number of β-amino-alcohol motifs (C(OH)–C–C–N with tert-alkyl or cyclic N) is 1. The lowest BCUT2D eigenvalue weighted by Gasteiger charge is -2.36. The van der Waals surface area contributed by atoms with Crippen molar-refractivity contribution in [1.82, 2.24) is 9.80 Å². The summed E-state index contributed by atoms with van der Waals surface area (Å²) < 4.78 is 29.6. The van der Waals surface area contributed by atoms with E-state index in [1.807, 2.05) is 18.2 Å². The van der Waals surface area contributed by atoms with Gasteiger partial charge >= 0.3 is 0 Å².